The summed E-state index contributed by atoms with van der Waals surface area (Å²) in [5.74, 6) is 1.97. The average molecular weight is 337 g/mol. The third-order valence-electron chi connectivity index (χ3n) is 5.24. The van der Waals surface area contributed by atoms with Crippen molar-refractivity contribution in [1.29, 1.82) is 0 Å². The highest BCUT2D eigenvalue weighted by Crippen LogP contribution is 2.26. The van der Waals surface area contributed by atoms with E-state index in [0.29, 0.717) is 0 Å². The summed E-state index contributed by atoms with van der Waals surface area (Å²) < 4.78 is 0. The van der Waals surface area contributed by atoms with Gasteiger partial charge in [0.25, 0.3) is 0 Å². The van der Waals surface area contributed by atoms with Crippen molar-refractivity contribution in [2.24, 2.45) is 0 Å². The number of piperidine rings is 1. The second-order valence-electron chi connectivity index (χ2n) is 7.12. The summed E-state index contributed by atoms with van der Waals surface area (Å²) in [6, 6.07) is 12.6. The molecule has 0 amide bonds. The number of nitrogens with zero attached hydrogens (tertiary/aromatic N) is 5. The van der Waals surface area contributed by atoms with E-state index in [1.807, 2.05) is 0 Å². The molecule has 5 heteroatoms. The number of anilines is 2. The second kappa shape index (κ2) is 7.40. The minimum absolute atomic E-state index is 0.898. The summed E-state index contributed by atoms with van der Waals surface area (Å²) in [6.07, 6.45) is 3.80. The van der Waals surface area contributed by atoms with Gasteiger partial charge in [0.1, 0.15) is 5.82 Å². The van der Waals surface area contributed by atoms with Crippen LogP contribution in [0.2, 0.25) is 0 Å². The fourth-order valence-electron chi connectivity index (χ4n) is 3.61. The van der Waals surface area contributed by atoms with E-state index in [2.05, 4.69) is 58.1 Å². The van der Waals surface area contributed by atoms with Crippen LogP contribution in [-0.4, -0.2) is 61.2 Å². The Hall–Kier alpha value is -2.14. The van der Waals surface area contributed by atoms with Gasteiger partial charge in [-0.1, -0.05) is 30.3 Å². The van der Waals surface area contributed by atoms with Crippen molar-refractivity contribution in [2.75, 3.05) is 56.1 Å². The third kappa shape index (κ3) is 3.76. The van der Waals surface area contributed by atoms with Gasteiger partial charge in [-0.3, -0.25) is 0 Å². The molecule has 2 aromatic rings. The maximum atomic E-state index is 4.95. The lowest BCUT2D eigenvalue weighted by Gasteiger charge is -2.34. The zero-order valence-corrected chi connectivity index (χ0v) is 15.1. The monoisotopic (exact) mass is 337 g/mol. The normalized spacial score (nSPS) is 19.2. The number of rotatable bonds is 3. The number of benzene rings is 1. The SMILES string of the molecule is CN1CCN(c2cc(-c3ccccc3)nc(N3CCCCC3)n2)CC1. The summed E-state index contributed by atoms with van der Waals surface area (Å²) in [7, 11) is 2.19. The van der Waals surface area contributed by atoms with Crippen molar-refractivity contribution in [3.63, 3.8) is 0 Å². The molecular weight excluding hydrogens is 310 g/mol. The van der Waals surface area contributed by atoms with Crippen molar-refractivity contribution in [2.45, 2.75) is 19.3 Å². The lowest BCUT2D eigenvalue weighted by atomic mass is 10.1. The van der Waals surface area contributed by atoms with Gasteiger partial charge in [0.2, 0.25) is 5.95 Å². The molecule has 1 aromatic heterocycles. The molecule has 25 heavy (non-hydrogen) atoms. The number of hydrogen-bond donors (Lipinski definition) is 0. The van der Waals surface area contributed by atoms with Crippen LogP contribution in [0.4, 0.5) is 11.8 Å². The molecule has 0 unspecified atom stereocenters. The summed E-state index contributed by atoms with van der Waals surface area (Å²) in [4.78, 5) is 17.0. The Labute approximate surface area is 150 Å². The molecule has 2 fully saturated rings. The van der Waals surface area contributed by atoms with Gasteiger partial charge in [0.15, 0.2) is 0 Å². The van der Waals surface area contributed by atoms with Gasteiger partial charge in [-0.05, 0) is 26.3 Å². The zero-order chi connectivity index (χ0) is 17.1. The first-order valence-corrected chi connectivity index (χ1v) is 9.42. The van der Waals surface area contributed by atoms with E-state index < -0.39 is 0 Å². The summed E-state index contributed by atoms with van der Waals surface area (Å²) >= 11 is 0. The van der Waals surface area contributed by atoms with E-state index in [1.165, 1.54) is 24.8 Å². The first kappa shape index (κ1) is 16.3. The van der Waals surface area contributed by atoms with Crippen LogP contribution in [0.3, 0.4) is 0 Å². The van der Waals surface area contributed by atoms with Crippen molar-refractivity contribution in [1.82, 2.24) is 14.9 Å². The lowest BCUT2D eigenvalue weighted by molar-refractivity contribution is 0.312. The topological polar surface area (TPSA) is 35.5 Å². The van der Waals surface area contributed by atoms with Crippen LogP contribution in [0.25, 0.3) is 11.3 Å². The van der Waals surface area contributed by atoms with Crippen LogP contribution in [0.15, 0.2) is 36.4 Å². The molecule has 4 rings (SSSR count). The fraction of sp³-hybridized carbons (Fsp3) is 0.500. The number of hydrogen-bond acceptors (Lipinski definition) is 5. The quantitative estimate of drug-likeness (QED) is 0.860. The number of likely N-dealkylation sites (N-methyl/N-ethyl adjacent to an activating group) is 1. The maximum absolute atomic E-state index is 4.95. The number of piperazine rings is 1. The minimum Gasteiger partial charge on any atom is -0.354 e. The highest BCUT2D eigenvalue weighted by molar-refractivity contribution is 5.65. The van der Waals surface area contributed by atoms with Crippen LogP contribution in [-0.2, 0) is 0 Å². The first-order chi connectivity index (χ1) is 12.3. The number of aromatic nitrogens is 2. The zero-order valence-electron chi connectivity index (χ0n) is 15.1. The van der Waals surface area contributed by atoms with E-state index in [0.717, 1.165) is 56.7 Å². The molecule has 3 heterocycles. The van der Waals surface area contributed by atoms with Gasteiger partial charge >= 0.3 is 0 Å². The highest BCUT2D eigenvalue weighted by Gasteiger charge is 2.20. The standard InChI is InChI=1S/C20H27N5/c1-23-12-14-24(15-13-23)19-16-18(17-8-4-2-5-9-17)21-20(22-19)25-10-6-3-7-11-25/h2,4-5,8-9,16H,3,6-7,10-15H2,1H3. The van der Waals surface area contributed by atoms with Gasteiger partial charge in [-0.25, -0.2) is 4.98 Å². The Morgan fingerprint density at radius 2 is 1.48 bits per heavy atom. The van der Waals surface area contributed by atoms with Gasteiger partial charge in [0.05, 0.1) is 5.69 Å². The van der Waals surface area contributed by atoms with Crippen molar-refractivity contribution in [3.05, 3.63) is 36.4 Å². The molecule has 5 nitrogen and oxygen atoms in total. The fourth-order valence-corrected chi connectivity index (χ4v) is 3.61. The Morgan fingerprint density at radius 1 is 0.760 bits per heavy atom. The predicted molar refractivity (Wildman–Crippen MR) is 103 cm³/mol. The van der Waals surface area contributed by atoms with Crippen LogP contribution < -0.4 is 9.80 Å². The minimum atomic E-state index is 0.898. The van der Waals surface area contributed by atoms with E-state index >= 15 is 0 Å². The molecule has 0 N–H and O–H groups in total. The Balaban J connectivity index is 1.69. The van der Waals surface area contributed by atoms with Crippen LogP contribution >= 0.6 is 0 Å². The van der Waals surface area contributed by atoms with Crippen LogP contribution in [0, 0.1) is 0 Å². The highest BCUT2D eigenvalue weighted by atomic mass is 15.3. The Bertz CT molecular complexity index is 688. The Kier molecular flexibility index (Phi) is 4.83. The van der Waals surface area contributed by atoms with Gasteiger partial charge in [0, 0.05) is 50.9 Å². The largest absolute Gasteiger partial charge is 0.354 e. The molecule has 1 aromatic carbocycles. The molecule has 0 spiro atoms. The molecule has 0 radical (unpaired) electrons. The molecular formula is C20H27N5. The summed E-state index contributed by atoms with van der Waals surface area (Å²) in [6.45, 7) is 6.37. The average Bonchev–Trinajstić information content (AvgIpc) is 2.69. The van der Waals surface area contributed by atoms with Crippen molar-refractivity contribution in [3.8, 4) is 11.3 Å². The van der Waals surface area contributed by atoms with E-state index in [4.69, 9.17) is 9.97 Å². The lowest BCUT2D eigenvalue weighted by Crippen LogP contribution is -2.45. The summed E-state index contributed by atoms with van der Waals surface area (Å²) in [5.41, 5.74) is 2.20. The maximum Gasteiger partial charge on any atom is 0.227 e. The van der Waals surface area contributed by atoms with E-state index in [9.17, 15) is 0 Å². The molecule has 2 saturated heterocycles. The second-order valence-corrected chi connectivity index (χ2v) is 7.12. The van der Waals surface area contributed by atoms with Crippen molar-refractivity contribution >= 4 is 11.8 Å². The molecule has 0 saturated carbocycles. The van der Waals surface area contributed by atoms with E-state index in [-0.39, 0.29) is 0 Å². The molecule has 2 aliphatic rings. The molecule has 0 atom stereocenters. The predicted octanol–water partition coefficient (Wildman–Crippen LogP) is 2.89. The van der Waals surface area contributed by atoms with Gasteiger partial charge < -0.3 is 14.7 Å². The van der Waals surface area contributed by atoms with Gasteiger partial charge in [-0.15, -0.1) is 0 Å². The Morgan fingerprint density at radius 3 is 2.20 bits per heavy atom. The summed E-state index contributed by atoms with van der Waals surface area (Å²) in [5, 5.41) is 0. The van der Waals surface area contributed by atoms with Crippen LogP contribution in [0.1, 0.15) is 19.3 Å². The molecule has 0 aliphatic carbocycles. The molecule has 0 bridgehead atoms. The first-order valence-electron chi connectivity index (χ1n) is 9.42. The van der Waals surface area contributed by atoms with E-state index in [1.54, 1.807) is 0 Å². The smallest absolute Gasteiger partial charge is 0.227 e. The molecule has 2 aliphatic heterocycles. The molecule has 132 valence electrons. The third-order valence-corrected chi connectivity index (χ3v) is 5.24. The van der Waals surface area contributed by atoms with Crippen LogP contribution in [0.5, 0.6) is 0 Å². The van der Waals surface area contributed by atoms with Gasteiger partial charge in [-0.2, -0.15) is 4.98 Å². The van der Waals surface area contributed by atoms with Crippen molar-refractivity contribution < 1.29 is 0 Å².